The van der Waals surface area contributed by atoms with E-state index in [0.29, 0.717) is 58.8 Å². The van der Waals surface area contributed by atoms with Gasteiger partial charge in [-0.2, -0.15) is 21.0 Å². The summed E-state index contributed by atoms with van der Waals surface area (Å²) in [6.07, 6.45) is 22.8. The molecule has 1 spiro atoms. The predicted octanol–water partition coefficient (Wildman–Crippen LogP) is 19.2. The van der Waals surface area contributed by atoms with Gasteiger partial charge < -0.3 is 56.8 Å². The molecule has 10 aromatic rings. The minimum atomic E-state index is -0.830. The topological polar surface area (TPSA) is 206 Å². The lowest BCUT2D eigenvalue weighted by Gasteiger charge is -2.31. The van der Waals surface area contributed by atoms with Gasteiger partial charge in [0.25, 0.3) is 0 Å². The zero-order valence-corrected chi connectivity index (χ0v) is 55.2. The molecule has 0 aromatic heterocycles. The largest absolute Gasteiger partial charge is 0.481 e. The molecule has 0 unspecified atom stereocenters. The van der Waals surface area contributed by atoms with Gasteiger partial charge in [-0.1, -0.05) is 75.6 Å². The van der Waals surface area contributed by atoms with Crippen molar-refractivity contribution in [1.82, 2.24) is 0 Å². The van der Waals surface area contributed by atoms with Crippen molar-refractivity contribution in [2.24, 2.45) is 0 Å². The van der Waals surface area contributed by atoms with Crippen molar-refractivity contribution in [2.75, 3.05) is 26.4 Å². The Morgan fingerprint density at radius 3 is 0.683 bits per heavy atom. The molecule has 101 heavy (non-hydrogen) atoms. The maximum absolute atomic E-state index is 11.0. The van der Waals surface area contributed by atoms with Crippen LogP contribution in [-0.4, -0.2) is 26.4 Å². The average Bonchev–Trinajstić information content (AvgIpc) is 1.52. The predicted molar refractivity (Wildman–Crippen MR) is 377 cm³/mol. The quantitative estimate of drug-likeness (QED) is 0.0516. The second-order valence-electron chi connectivity index (χ2n) is 24.5. The van der Waals surface area contributed by atoms with Gasteiger partial charge in [-0.3, -0.25) is 0 Å². The average molecular weight is 1330 g/mol. The third-order valence-electron chi connectivity index (χ3n) is 16.9. The van der Waals surface area contributed by atoms with Crippen LogP contribution in [0.4, 0.5) is 0 Å². The standard InChI is InChI=1S/C85H60N4O12/c1-9-41-90-55-25-33-59(34-26-55)94-71-17-13-21-75(63(71)49-86)98-79-45-67-69(47-81(79)100-77-23-15-19-73(65(77)51-88)96-61-37-29-57(30-38-61)92-43-11-3)85(53-83(67,5)6)54-84(7,8)68-46-80(99-76-22-14-18-72(64(76)50-87)95-60-35-27-56(28-36-60)91-42-10-2)82(48-70(68)85)101-78-24-16-20-74(66(78)52-89)97-62-39-31-58(32-40-62)93-44-12-4/h1-4,13-40,45-48H,41-44,53-54H2,5-8H3. The first-order chi connectivity index (χ1) is 49.1. The highest BCUT2D eigenvalue weighted by atomic mass is 16.5. The minimum absolute atomic E-state index is 0.0689. The Morgan fingerprint density at radius 1 is 0.277 bits per heavy atom. The van der Waals surface area contributed by atoms with E-state index < -0.39 is 16.2 Å². The van der Waals surface area contributed by atoms with Crippen molar-refractivity contribution in [3.8, 4) is 189 Å². The van der Waals surface area contributed by atoms with Crippen molar-refractivity contribution in [3.05, 3.63) is 239 Å². The summed E-state index contributed by atoms with van der Waals surface area (Å²) in [7, 11) is 0. The molecule has 10 aromatic carbocycles. The molecule has 2 aliphatic rings. The molecular formula is C85H60N4O12. The summed E-state index contributed by atoms with van der Waals surface area (Å²) < 4.78 is 75.7. The zero-order valence-electron chi connectivity index (χ0n) is 55.2. The Labute approximate surface area is 585 Å². The SMILES string of the molecule is C#CCOc1ccc(Oc2cccc(Oc3cc4c(cc3Oc3cccc(Oc5ccc(OCC#C)cc5)c3C#N)C3(CC4(C)C)CC(C)(C)c4cc(Oc5cccc(Oc6ccc(OCC#C)cc6)c5C#N)c(Oc5cccc(Oc6ccc(OCC#C)cc6)c5C#N)cc43)c2C#N)cc1. The van der Waals surface area contributed by atoms with Crippen LogP contribution in [0.5, 0.6) is 115 Å². The second-order valence-corrected chi connectivity index (χ2v) is 24.5. The first kappa shape index (κ1) is 67.0. The summed E-state index contributed by atoms with van der Waals surface area (Å²) in [5, 5.41) is 43.9. The van der Waals surface area contributed by atoms with E-state index in [1.807, 2.05) is 24.3 Å². The number of terminal acetylenes is 4. The summed E-state index contributed by atoms with van der Waals surface area (Å²) in [5.74, 6) is 15.8. The first-order valence-corrected chi connectivity index (χ1v) is 31.7. The van der Waals surface area contributed by atoms with Crippen LogP contribution in [0.25, 0.3) is 0 Å². The lowest BCUT2D eigenvalue weighted by molar-refractivity contribution is 0.349. The summed E-state index contributed by atoms with van der Waals surface area (Å²) in [6, 6.07) is 64.4. The van der Waals surface area contributed by atoms with Crippen LogP contribution in [0.3, 0.4) is 0 Å². The van der Waals surface area contributed by atoms with Gasteiger partial charge in [-0.15, -0.1) is 25.7 Å². The molecule has 0 fully saturated rings. The van der Waals surface area contributed by atoms with E-state index in [-0.39, 0.29) is 118 Å². The molecule has 2 aliphatic carbocycles. The Hall–Kier alpha value is -14.0. The minimum Gasteiger partial charge on any atom is -0.481 e. The Morgan fingerprint density at radius 2 is 0.475 bits per heavy atom. The van der Waals surface area contributed by atoms with E-state index in [4.69, 9.17) is 82.5 Å². The number of hydrogen-bond acceptors (Lipinski definition) is 16. The van der Waals surface area contributed by atoms with Crippen LogP contribution in [0.2, 0.25) is 0 Å². The van der Waals surface area contributed by atoms with Gasteiger partial charge in [-0.05, 0) is 216 Å². The maximum Gasteiger partial charge on any atom is 0.170 e. The fraction of sp³-hybridized carbons (Fsp3) is 0.153. The molecule has 0 heterocycles. The van der Waals surface area contributed by atoms with Crippen molar-refractivity contribution < 1.29 is 56.8 Å². The third-order valence-corrected chi connectivity index (χ3v) is 16.9. The van der Waals surface area contributed by atoms with Crippen molar-refractivity contribution in [2.45, 2.75) is 56.8 Å². The second kappa shape index (κ2) is 29.1. The molecule has 0 atom stereocenters. The van der Waals surface area contributed by atoms with E-state index in [2.05, 4.69) is 75.7 Å². The zero-order chi connectivity index (χ0) is 70.7. The Balaban J connectivity index is 0.997. The number of fused-ring (bicyclic) bond motifs is 4. The molecule has 0 bridgehead atoms. The summed E-state index contributed by atoms with van der Waals surface area (Å²) in [6.45, 7) is 8.98. The van der Waals surface area contributed by atoms with Crippen molar-refractivity contribution >= 4 is 0 Å². The van der Waals surface area contributed by atoms with Gasteiger partial charge in [-0.25, -0.2) is 0 Å². The molecule has 12 rings (SSSR count). The first-order valence-electron chi connectivity index (χ1n) is 31.7. The smallest absolute Gasteiger partial charge is 0.170 e. The number of ether oxygens (including phenoxy) is 12. The number of nitrogens with zero attached hydrogens (tertiary/aromatic N) is 4. The summed E-state index contributed by atoms with van der Waals surface area (Å²) >= 11 is 0. The van der Waals surface area contributed by atoms with Crippen LogP contribution < -0.4 is 56.8 Å². The highest BCUT2D eigenvalue weighted by Gasteiger charge is 2.57. The van der Waals surface area contributed by atoms with Crippen LogP contribution in [0.1, 0.15) is 85.0 Å². The number of hydrogen-bond donors (Lipinski definition) is 0. The lowest BCUT2D eigenvalue weighted by atomic mass is 9.72. The normalized spacial score (nSPS) is 12.8. The van der Waals surface area contributed by atoms with Crippen LogP contribution in [0.15, 0.2) is 194 Å². The fourth-order valence-electron chi connectivity index (χ4n) is 12.7. The van der Waals surface area contributed by atoms with Crippen molar-refractivity contribution in [3.63, 3.8) is 0 Å². The van der Waals surface area contributed by atoms with Gasteiger partial charge in [0.2, 0.25) is 0 Å². The van der Waals surface area contributed by atoms with Gasteiger partial charge in [0.1, 0.15) is 165 Å². The Bertz CT molecular complexity index is 4850. The monoisotopic (exact) mass is 1330 g/mol. The highest BCUT2D eigenvalue weighted by Crippen LogP contribution is 2.66. The molecule has 0 saturated carbocycles. The maximum atomic E-state index is 11.0. The van der Waals surface area contributed by atoms with Crippen LogP contribution in [0, 0.1) is 94.7 Å². The molecule has 16 heteroatoms. The molecule has 492 valence electrons. The number of rotatable bonds is 24. The van der Waals surface area contributed by atoms with Gasteiger partial charge in [0.15, 0.2) is 23.0 Å². The number of nitriles is 4. The van der Waals surface area contributed by atoms with Crippen molar-refractivity contribution in [1.29, 1.82) is 21.0 Å². The van der Waals surface area contributed by atoms with E-state index in [9.17, 15) is 21.0 Å². The molecule has 0 saturated heterocycles. The van der Waals surface area contributed by atoms with E-state index in [1.165, 1.54) is 0 Å². The van der Waals surface area contributed by atoms with Crippen LogP contribution in [-0.2, 0) is 16.2 Å². The van der Waals surface area contributed by atoms with E-state index in [0.717, 1.165) is 22.3 Å². The van der Waals surface area contributed by atoms with Gasteiger partial charge in [0.05, 0.1) is 0 Å². The number of benzene rings is 10. The fourth-order valence-corrected chi connectivity index (χ4v) is 12.7. The Kier molecular flexibility index (Phi) is 19.3. The third kappa shape index (κ3) is 14.3. The van der Waals surface area contributed by atoms with Gasteiger partial charge in [0, 0.05) is 5.41 Å². The lowest BCUT2D eigenvalue weighted by Crippen LogP contribution is -2.27. The molecule has 16 nitrogen and oxygen atoms in total. The summed E-state index contributed by atoms with van der Waals surface area (Å²) in [4.78, 5) is 0. The van der Waals surface area contributed by atoms with E-state index >= 15 is 0 Å². The molecular weight excluding hydrogens is 1270 g/mol. The molecule has 0 radical (unpaired) electrons. The van der Waals surface area contributed by atoms with E-state index in [1.54, 1.807) is 170 Å². The molecule has 0 amide bonds. The summed E-state index contributed by atoms with van der Waals surface area (Å²) in [5.41, 5.74) is 1.81. The van der Waals surface area contributed by atoms with Crippen LogP contribution >= 0.6 is 0 Å². The highest BCUT2D eigenvalue weighted by molar-refractivity contribution is 5.70. The molecule has 0 N–H and O–H groups in total. The molecule has 0 aliphatic heterocycles. The van der Waals surface area contributed by atoms with Gasteiger partial charge >= 0.3 is 0 Å².